The minimum Gasteiger partial charge on any atom is -0.323 e. The van der Waals surface area contributed by atoms with E-state index in [0.29, 0.717) is 0 Å². The Labute approximate surface area is 106 Å². The molecule has 0 amide bonds. The van der Waals surface area contributed by atoms with Crippen LogP contribution in [0.15, 0.2) is 42.6 Å². The zero-order chi connectivity index (χ0) is 12.5. The lowest BCUT2D eigenvalue weighted by atomic mass is 9.91. The number of aromatic nitrogens is 1. The maximum atomic E-state index is 13.2. The Kier molecular flexibility index (Phi) is 2.84. The predicted molar refractivity (Wildman–Crippen MR) is 68.6 cm³/mol. The van der Waals surface area contributed by atoms with E-state index in [4.69, 9.17) is 5.73 Å². The number of benzene rings is 1. The molecular weight excluding hydrogens is 227 g/mol. The fourth-order valence-electron chi connectivity index (χ4n) is 2.74. The van der Waals surface area contributed by atoms with Gasteiger partial charge in [-0.1, -0.05) is 18.2 Å². The van der Waals surface area contributed by atoms with E-state index in [2.05, 4.69) is 11.1 Å². The van der Waals surface area contributed by atoms with Gasteiger partial charge in [-0.05, 0) is 42.2 Å². The number of nitrogens with zero attached hydrogens (tertiary/aromatic N) is 1. The van der Waals surface area contributed by atoms with E-state index >= 15 is 0 Å². The average molecular weight is 242 g/mol. The van der Waals surface area contributed by atoms with Gasteiger partial charge in [-0.2, -0.15) is 0 Å². The molecule has 0 bridgehead atoms. The van der Waals surface area contributed by atoms with E-state index in [1.807, 2.05) is 12.1 Å². The predicted octanol–water partition coefficient (Wildman–Crippen LogP) is 2.95. The summed E-state index contributed by atoms with van der Waals surface area (Å²) < 4.78 is 13.2. The second-order valence-corrected chi connectivity index (χ2v) is 4.77. The van der Waals surface area contributed by atoms with Crippen molar-refractivity contribution in [2.75, 3.05) is 0 Å². The highest BCUT2D eigenvalue weighted by molar-refractivity contribution is 5.33. The molecule has 2 unspecified atom stereocenters. The molecule has 0 spiro atoms. The van der Waals surface area contributed by atoms with Gasteiger partial charge in [-0.3, -0.25) is 4.98 Å². The smallest absolute Gasteiger partial charge is 0.123 e. The van der Waals surface area contributed by atoms with Crippen LogP contribution in [0.4, 0.5) is 4.39 Å². The van der Waals surface area contributed by atoms with Gasteiger partial charge in [0.2, 0.25) is 0 Å². The van der Waals surface area contributed by atoms with E-state index in [9.17, 15) is 4.39 Å². The number of pyridine rings is 1. The van der Waals surface area contributed by atoms with Gasteiger partial charge in [-0.15, -0.1) is 0 Å². The quantitative estimate of drug-likeness (QED) is 0.879. The molecule has 0 saturated carbocycles. The van der Waals surface area contributed by atoms with E-state index in [0.717, 1.165) is 24.1 Å². The zero-order valence-electron chi connectivity index (χ0n) is 10.0. The van der Waals surface area contributed by atoms with Crippen LogP contribution in [0.2, 0.25) is 0 Å². The number of aryl methyl sites for hydroxylation is 1. The second kappa shape index (κ2) is 4.50. The molecule has 0 fully saturated rings. The van der Waals surface area contributed by atoms with Crippen molar-refractivity contribution >= 4 is 0 Å². The third-order valence-corrected chi connectivity index (χ3v) is 3.67. The summed E-state index contributed by atoms with van der Waals surface area (Å²) in [6.07, 6.45) is 3.80. The number of fused-ring (bicyclic) bond motifs is 1. The Hall–Kier alpha value is -1.74. The molecule has 2 aromatic rings. The Morgan fingerprint density at radius 2 is 2.17 bits per heavy atom. The topological polar surface area (TPSA) is 38.9 Å². The summed E-state index contributed by atoms with van der Waals surface area (Å²) in [5.74, 6) is -0.0369. The monoisotopic (exact) mass is 242 g/mol. The average Bonchev–Trinajstić information content (AvgIpc) is 2.82. The Bertz CT molecular complexity index is 568. The van der Waals surface area contributed by atoms with Crippen LogP contribution in [0.1, 0.15) is 35.2 Å². The first-order chi connectivity index (χ1) is 8.75. The molecular formula is C15H15FN2. The highest BCUT2D eigenvalue weighted by Gasteiger charge is 2.29. The van der Waals surface area contributed by atoms with Crippen molar-refractivity contribution < 1.29 is 4.39 Å². The molecule has 1 aromatic carbocycles. The van der Waals surface area contributed by atoms with Crippen LogP contribution < -0.4 is 5.73 Å². The summed E-state index contributed by atoms with van der Waals surface area (Å²) >= 11 is 0. The molecule has 1 heterocycles. The van der Waals surface area contributed by atoms with Crippen LogP contribution in [0.3, 0.4) is 0 Å². The highest BCUT2D eigenvalue weighted by atomic mass is 19.1. The van der Waals surface area contributed by atoms with Gasteiger partial charge in [-0.25, -0.2) is 4.39 Å². The normalized spacial score (nSPS) is 19.6. The van der Waals surface area contributed by atoms with Crippen molar-refractivity contribution in [2.45, 2.75) is 24.8 Å². The first-order valence-electron chi connectivity index (χ1n) is 6.20. The number of nitrogens with two attached hydrogens (primary N) is 1. The van der Waals surface area contributed by atoms with E-state index < -0.39 is 0 Å². The maximum Gasteiger partial charge on any atom is 0.123 e. The molecule has 92 valence electrons. The van der Waals surface area contributed by atoms with Crippen molar-refractivity contribution in [3.05, 3.63) is 65.2 Å². The second-order valence-electron chi connectivity index (χ2n) is 4.77. The molecule has 3 heteroatoms. The summed E-state index contributed by atoms with van der Waals surface area (Å²) in [7, 11) is 0. The van der Waals surface area contributed by atoms with Gasteiger partial charge in [0.1, 0.15) is 5.82 Å². The molecule has 2 nitrogen and oxygen atoms in total. The van der Waals surface area contributed by atoms with Crippen molar-refractivity contribution in [2.24, 2.45) is 5.73 Å². The van der Waals surface area contributed by atoms with Crippen LogP contribution in [-0.2, 0) is 6.42 Å². The van der Waals surface area contributed by atoms with Crippen LogP contribution >= 0.6 is 0 Å². The summed E-state index contributed by atoms with van der Waals surface area (Å²) in [6.45, 7) is 0. The minimum atomic E-state index is -0.234. The molecule has 3 rings (SSSR count). The van der Waals surface area contributed by atoms with E-state index in [-0.39, 0.29) is 17.8 Å². The molecule has 1 aliphatic rings. The van der Waals surface area contributed by atoms with Crippen LogP contribution in [0.25, 0.3) is 0 Å². The number of halogens is 1. The molecule has 1 aliphatic carbocycles. The van der Waals surface area contributed by atoms with Gasteiger partial charge < -0.3 is 5.73 Å². The van der Waals surface area contributed by atoms with Crippen LogP contribution in [0, 0.1) is 5.82 Å². The summed E-state index contributed by atoms with van der Waals surface area (Å²) in [4.78, 5) is 4.44. The minimum absolute atomic E-state index is 0.183. The maximum absolute atomic E-state index is 13.2. The fraction of sp³-hybridized carbons (Fsp3) is 0.267. The Balaban J connectivity index is 1.93. The van der Waals surface area contributed by atoms with Crippen LogP contribution in [-0.4, -0.2) is 4.98 Å². The number of hydrogen-bond donors (Lipinski definition) is 1. The van der Waals surface area contributed by atoms with Gasteiger partial charge in [0.25, 0.3) is 0 Å². The van der Waals surface area contributed by atoms with Crippen molar-refractivity contribution in [3.63, 3.8) is 0 Å². The molecule has 1 aromatic heterocycles. The van der Waals surface area contributed by atoms with Crippen molar-refractivity contribution in [3.8, 4) is 0 Å². The van der Waals surface area contributed by atoms with Gasteiger partial charge >= 0.3 is 0 Å². The molecule has 0 radical (unpaired) electrons. The lowest BCUT2D eigenvalue weighted by Gasteiger charge is -2.19. The van der Waals surface area contributed by atoms with Crippen molar-refractivity contribution in [1.82, 2.24) is 4.98 Å². The first-order valence-corrected chi connectivity index (χ1v) is 6.20. The largest absolute Gasteiger partial charge is 0.323 e. The van der Waals surface area contributed by atoms with E-state index in [1.54, 1.807) is 12.3 Å². The first kappa shape index (κ1) is 11.4. The van der Waals surface area contributed by atoms with E-state index in [1.165, 1.54) is 17.7 Å². The van der Waals surface area contributed by atoms with Gasteiger partial charge in [0.05, 0.1) is 0 Å². The summed E-state index contributed by atoms with van der Waals surface area (Å²) in [6, 6.07) is 10.4. The lowest BCUT2D eigenvalue weighted by Crippen LogP contribution is -2.19. The zero-order valence-corrected chi connectivity index (χ0v) is 10.0. The summed E-state index contributed by atoms with van der Waals surface area (Å²) in [5, 5.41) is 0. The summed E-state index contributed by atoms with van der Waals surface area (Å²) in [5.41, 5.74) is 9.47. The Morgan fingerprint density at radius 3 is 3.00 bits per heavy atom. The third-order valence-electron chi connectivity index (χ3n) is 3.67. The SMILES string of the molecule is NC(c1cccc(F)c1)C1CCc2cccnc21. The molecule has 2 N–H and O–H groups in total. The van der Waals surface area contributed by atoms with Crippen molar-refractivity contribution in [1.29, 1.82) is 0 Å². The molecule has 18 heavy (non-hydrogen) atoms. The lowest BCUT2D eigenvalue weighted by molar-refractivity contribution is 0.536. The van der Waals surface area contributed by atoms with Gasteiger partial charge in [0.15, 0.2) is 0 Å². The standard InChI is InChI=1S/C15H15FN2/c16-12-5-1-3-11(9-12)14(17)13-7-6-10-4-2-8-18-15(10)13/h1-5,8-9,13-14H,6-7,17H2. The van der Waals surface area contributed by atoms with Crippen LogP contribution in [0.5, 0.6) is 0 Å². The fourth-order valence-corrected chi connectivity index (χ4v) is 2.74. The van der Waals surface area contributed by atoms with Gasteiger partial charge in [0, 0.05) is 23.9 Å². The highest BCUT2D eigenvalue weighted by Crippen LogP contribution is 2.39. The Morgan fingerprint density at radius 1 is 1.28 bits per heavy atom. The number of rotatable bonds is 2. The molecule has 0 saturated heterocycles. The number of hydrogen-bond acceptors (Lipinski definition) is 2. The molecule has 0 aliphatic heterocycles. The molecule has 2 atom stereocenters. The third kappa shape index (κ3) is 1.91.